The van der Waals surface area contributed by atoms with Crippen LogP contribution in [-0.2, 0) is 32.7 Å². The maximum atomic E-state index is 12.5. The zero-order valence-electron chi connectivity index (χ0n) is 16.1. The van der Waals surface area contributed by atoms with Gasteiger partial charge in [-0.05, 0) is 17.7 Å². The van der Waals surface area contributed by atoms with Crippen molar-refractivity contribution >= 4 is 17.2 Å². The Balaban J connectivity index is 0.00000280. The molecule has 1 heterocycles. The first-order chi connectivity index (χ1) is 13.0. The molecule has 1 N–H and O–H groups in total. The number of rotatable bonds is 5. The Morgan fingerprint density at radius 3 is 2.57 bits per heavy atom. The van der Waals surface area contributed by atoms with Crippen LogP contribution >= 0.6 is 0 Å². The summed E-state index contributed by atoms with van der Waals surface area (Å²) in [5, 5.41) is 13.5. The Morgan fingerprint density at radius 1 is 1.25 bits per heavy atom. The summed E-state index contributed by atoms with van der Waals surface area (Å²) in [6.07, 6.45) is 0. The largest absolute Gasteiger partial charge is 0.507 e. The number of phenolic OH excluding ortho intramolecular Hbond substituents is 1. The standard InChI is InChI=1S/C20H22N5O2.Y/c1-14-3-6-18(15(2)11-14)25-9-7-24(8-10-25)13-20(27)17-5-4-16(22-23-21)12-19(17)26;/h3-5,11-12,26H,7-10,13H2,1-2H3;/q-1;. The van der Waals surface area contributed by atoms with E-state index in [4.69, 9.17) is 5.53 Å². The van der Waals surface area contributed by atoms with Crippen LogP contribution in [0.2, 0.25) is 0 Å². The molecule has 0 saturated carbocycles. The molecule has 2 aromatic carbocycles. The van der Waals surface area contributed by atoms with Crippen molar-refractivity contribution in [1.82, 2.24) is 4.90 Å². The van der Waals surface area contributed by atoms with Crippen LogP contribution in [0.15, 0.2) is 35.4 Å². The fourth-order valence-corrected chi connectivity index (χ4v) is 3.38. The Kier molecular flexibility index (Phi) is 8.02. The molecule has 1 saturated heterocycles. The SMILES string of the molecule is Cc1c[c-]c(N2CCN(CC(=O)c3ccc(N=[N+]=[N-])cc3O)CC2)c(C)c1.[Y]. The van der Waals surface area contributed by atoms with Gasteiger partial charge in [-0.25, -0.2) is 0 Å². The van der Waals surface area contributed by atoms with Crippen LogP contribution in [0.3, 0.4) is 0 Å². The molecule has 0 aliphatic carbocycles. The number of ketones is 1. The number of azide groups is 1. The second-order valence-corrected chi connectivity index (χ2v) is 6.79. The van der Waals surface area contributed by atoms with Crippen LogP contribution in [0.25, 0.3) is 10.4 Å². The van der Waals surface area contributed by atoms with Gasteiger partial charge in [0, 0.05) is 69.5 Å². The second kappa shape index (κ2) is 10.0. The van der Waals surface area contributed by atoms with Crippen LogP contribution in [0.1, 0.15) is 21.5 Å². The van der Waals surface area contributed by atoms with E-state index >= 15 is 0 Å². The van der Waals surface area contributed by atoms with Gasteiger partial charge in [-0.3, -0.25) is 9.69 Å². The van der Waals surface area contributed by atoms with E-state index < -0.39 is 0 Å². The van der Waals surface area contributed by atoms with Gasteiger partial charge in [-0.15, -0.1) is 5.56 Å². The molecule has 0 unspecified atom stereocenters. The number of carbonyl (C=O) groups is 1. The fourth-order valence-electron chi connectivity index (χ4n) is 3.38. The van der Waals surface area contributed by atoms with E-state index in [1.807, 2.05) is 6.07 Å². The molecule has 2 aromatic rings. The third-order valence-electron chi connectivity index (χ3n) is 4.75. The number of aromatic hydroxyl groups is 1. The molecule has 0 atom stereocenters. The van der Waals surface area contributed by atoms with Crippen molar-refractivity contribution in [3.8, 4) is 5.75 Å². The number of carbonyl (C=O) groups excluding carboxylic acids is 1. The molecule has 143 valence electrons. The van der Waals surface area contributed by atoms with Crippen molar-refractivity contribution in [3.63, 3.8) is 0 Å². The first-order valence-electron chi connectivity index (χ1n) is 8.85. The predicted molar refractivity (Wildman–Crippen MR) is 105 cm³/mol. The molecule has 1 fully saturated rings. The van der Waals surface area contributed by atoms with Gasteiger partial charge >= 0.3 is 0 Å². The summed E-state index contributed by atoms with van der Waals surface area (Å²) in [6.45, 7) is 7.60. The minimum Gasteiger partial charge on any atom is -0.507 e. The van der Waals surface area contributed by atoms with E-state index in [-0.39, 0.29) is 62.0 Å². The average Bonchev–Trinajstić information content (AvgIpc) is 2.63. The van der Waals surface area contributed by atoms with Crippen LogP contribution in [0.4, 0.5) is 11.4 Å². The van der Waals surface area contributed by atoms with E-state index in [1.54, 1.807) is 0 Å². The van der Waals surface area contributed by atoms with E-state index in [2.05, 4.69) is 45.8 Å². The molecular weight excluding hydrogens is 431 g/mol. The van der Waals surface area contributed by atoms with E-state index in [1.165, 1.54) is 29.3 Å². The van der Waals surface area contributed by atoms with Gasteiger partial charge in [0.1, 0.15) is 5.75 Å². The number of piperazine rings is 1. The molecule has 0 spiro atoms. The van der Waals surface area contributed by atoms with Gasteiger partial charge in [0.15, 0.2) is 5.78 Å². The van der Waals surface area contributed by atoms with Gasteiger partial charge < -0.3 is 10.0 Å². The predicted octanol–water partition coefficient (Wildman–Crippen LogP) is 3.75. The smallest absolute Gasteiger partial charge is 0.180 e. The van der Waals surface area contributed by atoms with E-state index in [9.17, 15) is 9.90 Å². The third-order valence-corrected chi connectivity index (χ3v) is 4.75. The quantitative estimate of drug-likeness (QED) is 0.245. The first kappa shape index (κ1) is 22.4. The monoisotopic (exact) mass is 453 g/mol. The molecule has 28 heavy (non-hydrogen) atoms. The molecule has 0 bridgehead atoms. The first-order valence-corrected chi connectivity index (χ1v) is 8.85. The number of anilines is 1. The summed E-state index contributed by atoms with van der Waals surface area (Å²) in [5.74, 6) is -0.306. The third kappa shape index (κ3) is 5.33. The fraction of sp³-hybridized carbons (Fsp3) is 0.350. The molecule has 3 rings (SSSR count). The van der Waals surface area contributed by atoms with E-state index in [0.717, 1.165) is 31.9 Å². The summed E-state index contributed by atoms with van der Waals surface area (Å²) in [4.78, 5) is 19.6. The zero-order chi connectivity index (χ0) is 19.4. The van der Waals surface area contributed by atoms with E-state index in [0.29, 0.717) is 0 Å². The summed E-state index contributed by atoms with van der Waals surface area (Å²) < 4.78 is 0. The van der Waals surface area contributed by atoms with Crippen molar-refractivity contribution in [1.29, 1.82) is 0 Å². The molecule has 8 heteroatoms. The maximum absolute atomic E-state index is 12.5. The van der Waals surface area contributed by atoms with Gasteiger partial charge in [-0.1, -0.05) is 30.7 Å². The molecule has 7 nitrogen and oxygen atoms in total. The Labute approximate surface area is 189 Å². The summed E-state index contributed by atoms with van der Waals surface area (Å²) in [7, 11) is 0. The molecule has 1 aliphatic heterocycles. The Hall–Kier alpha value is -1.92. The maximum Gasteiger partial charge on any atom is 0.180 e. The minimum atomic E-state index is -0.159. The molecule has 0 aromatic heterocycles. The minimum absolute atomic E-state index is 0. The number of aryl methyl sites for hydroxylation is 2. The topological polar surface area (TPSA) is 92.5 Å². The number of Topliss-reactive ketones (excluding diaryl/α,β-unsaturated/α-hetero) is 1. The average molecular weight is 453 g/mol. The molecular formula is C20H22N5O2Y-. The zero-order valence-corrected chi connectivity index (χ0v) is 18.9. The van der Waals surface area contributed by atoms with Gasteiger partial charge in [0.05, 0.1) is 12.1 Å². The summed E-state index contributed by atoms with van der Waals surface area (Å²) >= 11 is 0. The molecule has 1 radical (unpaired) electrons. The number of benzene rings is 2. The summed E-state index contributed by atoms with van der Waals surface area (Å²) in [6, 6.07) is 11.8. The Morgan fingerprint density at radius 2 is 1.96 bits per heavy atom. The van der Waals surface area contributed by atoms with Gasteiger partial charge in [0.25, 0.3) is 0 Å². The van der Waals surface area contributed by atoms with Crippen molar-refractivity contribution in [3.05, 3.63) is 63.5 Å². The number of nitrogens with zero attached hydrogens (tertiary/aromatic N) is 5. The van der Waals surface area contributed by atoms with Crippen molar-refractivity contribution in [2.24, 2.45) is 5.11 Å². The van der Waals surface area contributed by atoms with Crippen LogP contribution in [0.5, 0.6) is 5.75 Å². The Bertz CT molecular complexity index is 903. The van der Waals surface area contributed by atoms with Crippen LogP contribution in [0, 0.1) is 19.9 Å². The van der Waals surface area contributed by atoms with Crippen LogP contribution in [-0.4, -0.2) is 48.5 Å². The van der Waals surface area contributed by atoms with Crippen molar-refractivity contribution in [2.45, 2.75) is 13.8 Å². The van der Waals surface area contributed by atoms with Crippen molar-refractivity contribution in [2.75, 3.05) is 37.6 Å². The second-order valence-electron chi connectivity index (χ2n) is 6.79. The molecule has 0 amide bonds. The number of hydrogen-bond acceptors (Lipinski definition) is 5. The summed E-state index contributed by atoms with van der Waals surface area (Å²) in [5.41, 5.74) is 12.5. The van der Waals surface area contributed by atoms with Crippen molar-refractivity contribution < 1.29 is 42.6 Å². The van der Waals surface area contributed by atoms with Crippen LogP contribution < -0.4 is 4.90 Å². The van der Waals surface area contributed by atoms with Gasteiger partial charge in [0.2, 0.25) is 0 Å². The normalized spacial score (nSPS) is 14.1. The van der Waals surface area contributed by atoms with Gasteiger partial charge in [-0.2, -0.15) is 23.8 Å². The number of hydrogen-bond donors (Lipinski definition) is 1. The molecule has 1 aliphatic rings. The number of phenols is 1.